The molecule has 1 aromatic carbocycles. The third kappa shape index (κ3) is 3.94. The number of anilines is 1. The summed E-state index contributed by atoms with van der Waals surface area (Å²) in [4.78, 5) is 15.5. The van der Waals surface area contributed by atoms with Gasteiger partial charge in [-0.3, -0.25) is 4.79 Å². The van der Waals surface area contributed by atoms with Crippen molar-refractivity contribution in [2.75, 3.05) is 18.4 Å². The molecule has 0 saturated carbocycles. The van der Waals surface area contributed by atoms with Crippen molar-refractivity contribution in [1.82, 2.24) is 10.3 Å². The van der Waals surface area contributed by atoms with Crippen LogP contribution in [0.1, 0.15) is 18.7 Å². The number of carbonyl (C=O) groups is 1. The smallest absolute Gasteiger partial charge is 0.433 e. The van der Waals surface area contributed by atoms with Gasteiger partial charge in [0.15, 0.2) is 5.58 Å². The monoisotopic (exact) mass is 349 g/mol. The van der Waals surface area contributed by atoms with Crippen LogP contribution in [0.4, 0.5) is 18.9 Å². The lowest BCUT2D eigenvalue weighted by molar-refractivity contribution is -0.156. The lowest BCUT2D eigenvalue weighted by Gasteiger charge is -2.21. The Morgan fingerprint density at radius 3 is 2.65 bits per heavy atom. The van der Waals surface area contributed by atoms with E-state index in [1.807, 2.05) is 0 Å². The van der Waals surface area contributed by atoms with Crippen LogP contribution in [0.25, 0.3) is 11.1 Å². The molecule has 0 aliphatic carbocycles. The van der Waals surface area contributed by atoms with E-state index in [-0.39, 0.29) is 35.3 Å². The van der Waals surface area contributed by atoms with Crippen LogP contribution >= 0.6 is 12.4 Å². The predicted molar refractivity (Wildman–Crippen MR) is 80.5 cm³/mol. The second kappa shape index (κ2) is 6.76. The van der Waals surface area contributed by atoms with E-state index in [1.54, 1.807) is 0 Å². The maximum atomic E-state index is 12.5. The van der Waals surface area contributed by atoms with Gasteiger partial charge in [-0.05, 0) is 44.1 Å². The highest BCUT2D eigenvalue weighted by Crippen LogP contribution is 2.32. The molecule has 3 rings (SSSR count). The topological polar surface area (TPSA) is 67.2 Å². The van der Waals surface area contributed by atoms with Crippen molar-refractivity contribution in [2.45, 2.75) is 19.0 Å². The first-order valence-corrected chi connectivity index (χ1v) is 6.93. The highest BCUT2D eigenvalue weighted by Gasteiger charge is 2.37. The molecular weight excluding hydrogens is 335 g/mol. The molecule has 0 atom stereocenters. The van der Waals surface area contributed by atoms with Gasteiger partial charge in [0.2, 0.25) is 5.91 Å². The molecule has 23 heavy (non-hydrogen) atoms. The number of hydrogen-bond donors (Lipinski definition) is 2. The van der Waals surface area contributed by atoms with Crippen molar-refractivity contribution in [2.24, 2.45) is 5.92 Å². The molecule has 1 fully saturated rings. The van der Waals surface area contributed by atoms with Gasteiger partial charge in [-0.2, -0.15) is 13.2 Å². The maximum Gasteiger partial charge on any atom is 0.468 e. The van der Waals surface area contributed by atoms with Gasteiger partial charge in [-0.15, -0.1) is 12.4 Å². The predicted octanol–water partition coefficient (Wildman–Crippen LogP) is 3.21. The molecule has 2 N–H and O–H groups in total. The first-order chi connectivity index (χ1) is 10.4. The molecule has 0 radical (unpaired) electrons. The highest BCUT2D eigenvalue weighted by molar-refractivity contribution is 5.94. The fourth-order valence-electron chi connectivity index (χ4n) is 2.45. The molecule has 2 aromatic rings. The Balaban J connectivity index is 0.00000192. The molecule has 126 valence electrons. The molecule has 5 nitrogen and oxygen atoms in total. The third-order valence-electron chi connectivity index (χ3n) is 3.61. The molecular formula is C14H15ClF3N3O2. The van der Waals surface area contributed by atoms with Gasteiger partial charge in [0.25, 0.3) is 0 Å². The summed E-state index contributed by atoms with van der Waals surface area (Å²) in [5, 5.41) is 5.89. The average Bonchev–Trinajstić information content (AvgIpc) is 2.91. The minimum atomic E-state index is -4.63. The SMILES string of the molecule is Cl.O=C(Nc1ccc2oc(C(F)(F)F)nc2c1)C1CCNCC1. The minimum absolute atomic E-state index is 0. The molecule has 0 unspecified atom stereocenters. The van der Waals surface area contributed by atoms with E-state index in [9.17, 15) is 18.0 Å². The number of alkyl halides is 3. The number of nitrogens with one attached hydrogen (secondary N) is 2. The van der Waals surface area contributed by atoms with Crippen LogP contribution < -0.4 is 10.6 Å². The number of piperidine rings is 1. The number of rotatable bonds is 2. The van der Waals surface area contributed by atoms with Crippen LogP contribution in [-0.2, 0) is 11.0 Å². The largest absolute Gasteiger partial charge is 0.468 e. The van der Waals surface area contributed by atoms with E-state index in [4.69, 9.17) is 0 Å². The molecule has 1 aliphatic rings. The van der Waals surface area contributed by atoms with Crippen LogP contribution in [0.5, 0.6) is 0 Å². The first kappa shape index (κ1) is 17.6. The Morgan fingerprint density at radius 2 is 2.00 bits per heavy atom. The van der Waals surface area contributed by atoms with E-state index < -0.39 is 12.1 Å². The Labute approximate surface area is 136 Å². The van der Waals surface area contributed by atoms with Crippen LogP contribution in [0, 0.1) is 5.92 Å². The average molecular weight is 350 g/mol. The van der Waals surface area contributed by atoms with Crippen molar-refractivity contribution in [1.29, 1.82) is 0 Å². The van der Waals surface area contributed by atoms with Gasteiger partial charge in [-0.1, -0.05) is 0 Å². The summed E-state index contributed by atoms with van der Waals surface area (Å²) in [6, 6.07) is 4.26. The van der Waals surface area contributed by atoms with Gasteiger partial charge >= 0.3 is 12.1 Å². The Kier molecular flexibility index (Phi) is 5.16. The summed E-state index contributed by atoms with van der Waals surface area (Å²) in [6.07, 6.45) is -3.13. The third-order valence-corrected chi connectivity index (χ3v) is 3.61. The van der Waals surface area contributed by atoms with Gasteiger partial charge in [0.05, 0.1) is 0 Å². The summed E-state index contributed by atoms with van der Waals surface area (Å²) in [7, 11) is 0. The normalized spacial score (nSPS) is 16.1. The lowest BCUT2D eigenvalue weighted by atomic mass is 9.97. The number of carbonyl (C=O) groups excluding carboxylic acids is 1. The molecule has 1 amide bonds. The number of amides is 1. The Hall–Kier alpha value is -1.80. The number of hydrogen-bond acceptors (Lipinski definition) is 4. The van der Waals surface area contributed by atoms with E-state index in [1.165, 1.54) is 18.2 Å². The Morgan fingerprint density at radius 1 is 1.30 bits per heavy atom. The number of benzene rings is 1. The van der Waals surface area contributed by atoms with Gasteiger partial charge in [0.1, 0.15) is 5.52 Å². The number of oxazole rings is 1. The minimum Gasteiger partial charge on any atom is -0.433 e. The summed E-state index contributed by atoms with van der Waals surface area (Å²) in [5.74, 6) is -1.50. The van der Waals surface area contributed by atoms with E-state index in [0.29, 0.717) is 5.69 Å². The van der Waals surface area contributed by atoms with Crippen LogP contribution in [-0.4, -0.2) is 24.0 Å². The summed E-state index contributed by atoms with van der Waals surface area (Å²) < 4.78 is 42.3. The van der Waals surface area contributed by atoms with E-state index in [0.717, 1.165) is 25.9 Å². The quantitative estimate of drug-likeness (QED) is 0.873. The number of nitrogens with zero attached hydrogens (tertiary/aromatic N) is 1. The van der Waals surface area contributed by atoms with Crippen LogP contribution in [0.15, 0.2) is 22.6 Å². The van der Waals surface area contributed by atoms with E-state index in [2.05, 4.69) is 20.0 Å². The standard InChI is InChI=1S/C14H14F3N3O2.ClH/c15-14(16,17)13-20-10-7-9(1-2-11(10)22-13)19-12(21)8-3-5-18-6-4-8;/h1-2,7-8,18H,3-6H2,(H,19,21);1H. The zero-order valence-corrected chi connectivity index (χ0v) is 12.8. The van der Waals surface area contributed by atoms with Crippen molar-refractivity contribution < 1.29 is 22.4 Å². The molecule has 1 saturated heterocycles. The van der Waals surface area contributed by atoms with Gasteiger partial charge < -0.3 is 15.1 Å². The molecule has 9 heteroatoms. The molecule has 0 spiro atoms. The zero-order valence-electron chi connectivity index (χ0n) is 11.9. The fraction of sp³-hybridized carbons (Fsp3) is 0.429. The van der Waals surface area contributed by atoms with Crippen molar-refractivity contribution in [3.8, 4) is 0 Å². The van der Waals surface area contributed by atoms with Crippen LogP contribution in [0.3, 0.4) is 0 Å². The summed E-state index contributed by atoms with van der Waals surface area (Å²) >= 11 is 0. The summed E-state index contributed by atoms with van der Waals surface area (Å²) in [6.45, 7) is 1.57. The number of halogens is 4. The Bertz CT molecular complexity index is 696. The second-order valence-corrected chi connectivity index (χ2v) is 5.21. The molecule has 1 aromatic heterocycles. The van der Waals surface area contributed by atoms with Crippen LogP contribution in [0.2, 0.25) is 0 Å². The number of aromatic nitrogens is 1. The second-order valence-electron chi connectivity index (χ2n) is 5.21. The van der Waals surface area contributed by atoms with E-state index >= 15 is 0 Å². The van der Waals surface area contributed by atoms with Gasteiger partial charge in [0, 0.05) is 11.6 Å². The van der Waals surface area contributed by atoms with Crippen molar-refractivity contribution in [3.63, 3.8) is 0 Å². The fourth-order valence-corrected chi connectivity index (χ4v) is 2.45. The van der Waals surface area contributed by atoms with Crippen molar-refractivity contribution in [3.05, 3.63) is 24.1 Å². The summed E-state index contributed by atoms with van der Waals surface area (Å²) in [5.41, 5.74) is 0.515. The van der Waals surface area contributed by atoms with Crippen molar-refractivity contribution >= 4 is 35.1 Å². The molecule has 0 bridgehead atoms. The zero-order chi connectivity index (χ0) is 15.7. The van der Waals surface area contributed by atoms with Gasteiger partial charge in [-0.25, -0.2) is 4.98 Å². The first-order valence-electron chi connectivity index (χ1n) is 6.93. The highest BCUT2D eigenvalue weighted by atomic mass is 35.5. The lowest BCUT2D eigenvalue weighted by Crippen LogP contribution is -2.34. The molecule has 2 heterocycles. The molecule has 1 aliphatic heterocycles. The maximum absolute atomic E-state index is 12.5. The number of fused-ring (bicyclic) bond motifs is 1.